The normalized spacial score (nSPS) is 14.4. The minimum absolute atomic E-state index is 0. The van der Waals surface area contributed by atoms with Crippen molar-refractivity contribution in [2.75, 3.05) is 18.4 Å². The predicted octanol–water partition coefficient (Wildman–Crippen LogP) is 2.44. The van der Waals surface area contributed by atoms with Gasteiger partial charge in [0.25, 0.3) is 0 Å². The van der Waals surface area contributed by atoms with Crippen LogP contribution in [-0.4, -0.2) is 33.8 Å². The maximum atomic E-state index is 12.2. The van der Waals surface area contributed by atoms with Crippen LogP contribution in [0.3, 0.4) is 0 Å². The molecule has 23 heavy (non-hydrogen) atoms. The van der Waals surface area contributed by atoms with Gasteiger partial charge in [0.05, 0.1) is 5.69 Å². The standard InChI is InChI=1S/C15H19N5O.2ClH/c21-14(11-12-4-8-16-9-5-12)19-13-3-1-6-17-15(13)20-10-2-7-18-20;;/h1-3,6-7,10,12,16H,4-5,8-9,11H2,(H,19,21);2*1H. The quantitative estimate of drug-likeness (QED) is 0.881. The van der Waals surface area contributed by atoms with Crippen LogP contribution in [0.4, 0.5) is 5.69 Å². The molecule has 2 aromatic heterocycles. The monoisotopic (exact) mass is 357 g/mol. The highest BCUT2D eigenvalue weighted by atomic mass is 35.5. The highest BCUT2D eigenvalue weighted by molar-refractivity contribution is 5.92. The highest BCUT2D eigenvalue weighted by Gasteiger charge is 2.17. The van der Waals surface area contributed by atoms with Crippen molar-refractivity contribution in [1.82, 2.24) is 20.1 Å². The van der Waals surface area contributed by atoms with Crippen molar-refractivity contribution in [3.05, 3.63) is 36.8 Å². The van der Waals surface area contributed by atoms with Crippen LogP contribution < -0.4 is 10.6 Å². The number of piperidine rings is 1. The first-order chi connectivity index (χ1) is 10.3. The van der Waals surface area contributed by atoms with Crippen molar-refractivity contribution in [2.24, 2.45) is 5.92 Å². The van der Waals surface area contributed by atoms with E-state index in [4.69, 9.17) is 0 Å². The molecule has 0 bridgehead atoms. The van der Waals surface area contributed by atoms with E-state index in [-0.39, 0.29) is 30.7 Å². The maximum Gasteiger partial charge on any atom is 0.224 e. The zero-order chi connectivity index (χ0) is 14.5. The molecule has 2 aromatic rings. The second-order valence-corrected chi connectivity index (χ2v) is 5.27. The number of hydrogen-bond acceptors (Lipinski definition) is 4. The molecule has 0 aromatic carbocycles. The molecule has 0 radical (unpaired) electrons. The molecule has 0 saturated carbocycles. The number of carbonyl (C=O) groups excluding carboxylic acids is 1. The number of rotatable bonds is 4. The molecule has 1 aliphatic rings. The van der Waals surface area contributed by atoms with Gasteiger partial charge >= 0.3 is 0 Å². The molecule has 0 unspecified atom stereocenters. The lowest BCUT2D eigenvalue weighted by Crippen LogP contribution is -2.30. The van der Waals surface area contributed by atoms with Crippen LogP contribution in [-0.2, 0) is 4.79 Å². The minimum atomic E-state index is 0. The SMILES string of the molecule is Cl.Cl.O=C(CC1CCNCC1)Nc1cccnc1-n1cccn1. The van der Waals surface area contributed by atoms with Gasteiger partial charge in [-0.25, -0.2) is 9.67 Å². The smallest absolute Gasteiger partial charge is 0.224 e. The summed E-state index contributed by atoms with van der Waals surface area (Å²) < 4.78 is 1.65. The van der Waals surface area contributed by atoms with Crippen molar-refractivity contribution >= 4 is 36.4 Å². The van der Waals surface area contributed by atoms with Gasteiger partial charge < -0.3 is 10.6 Å². The van der Waals surface area contributed by atoms with Crippen molar-refractivity contribution in [3.8, 4) is 5.82 Å². The van der Waals surface area contributed by atoms with Crippen molar-refractivity contribution in [3.63, 3.8) is 0 Å². The fourth-order valence-electron chi connectivity index (χ4n) is 2.62. The van der Waals surface area contributed by atoms with Gasteiger partial charge in [0.2, 0.25) is 5.91 Å². The summed E-state index contributed by atoms with van der Waals surface area (Å²) >= 11 is 0. The van der Waals surface area contributed by atoms with Gasteiger partial charge in [0.1, 0.15) is 0 Å². The molecule has 1 fully saturated rings. The van der Waals surface area contributed by atoms with Crippen LogP contribution in [0.1, 0.15) is 19.3 Å². The van der Waals surface area contributed by atoms with Crippen molar-refractivity contribution < 1.29 is 4.79 Å². The Morgan fingerprint density at radius 3 is 2.74 bits per heavy atom. The second kappa shape index (κ2) is 9.50. The van der Waals surface area contributed by atoms with E-state index in [1.54, 1.807) is 17.1 Å². The number of halogens is 2. The van der Waals surface area contributed by atoms with Crippen molar-refractivity contribution in [2.45, 2.75) is 19.3 Å². The summed E-state index contributed by atoms with van der Waals surface area (Å²) in [5.74, 6) is 1.15. The molecule has 6 nitrogen and oxygen atoms in total. The highest BCUT2D eigenvalue weighted by Crippen LogP contribution is 2.20. The van der Waals surface area contributed by atoms with Gasteiger partial charge in [-0.1, -0.05) is 0 Å². The Morgan fingerprint density at radius 1 is 1.26 bits per heavy atom. The Kier molecular flexibility index (Phi) is 8.02. The first-order valence-corrected chi connectivity index (χ1v) is 7.28. The van der Waals surface area contributed by atoms with E-state index in [9.17, 15) is 4.79 Å². The Bertz CT molecular complexity index is 600. The number of pyridine rings is 1. The number of hydrogen-bond donors (Lipinski definition) is 2. The van der Waals surface area contributed by atoms with Crippen LogP contribution in [0.5, 0.6) is 0 Å². The first-order valence-electron chi connectivity index (χ1n) is 7.28. The molecule has 1 saturated heterocycles. The predicted molar refractivity (Wildman–Crippen MR) is 94.7 cm³/mol. The summed E-state index contributed by atoms with van der Waals surface area (Å²) in [5.41, 5.74) is 0.695. The molecule has 3 rings (SSSR count). The number of nitrogens with zero attached hydrogens (tertiary/aromatic N) is 3. The lowest BCUT2D eigenvalue weighted by atomic mass is 9.94. The fourth-order valence-corrected chi connectivity index (χ4v) is 2.62. The molecule has 0 aliphatic carbocycles. The van der Waals surface area contributed by atoms with E-state index in [2.05, 4.69) is 20.7 Å². The van der Waals surface area contributed by atoms with Crippen LogP contribution in [0.15, 0.2) is 36.8 Å². The van der Waals surface area contributed by atoms with Gasteiger partial charge in [-0.15, -0.1) is 24.8 Å². The minimum Gasteiger partial charge on any atom is -0.323 e. The summed E-state index contributed by atoms with van der Waals surface area (Å²) in [5, 5.41) is 10.4. The number of amides is 1. The molecule has 8 heteroatoms. The maximum absolute atomic E-state index is 12.2. The Morgan fingerprint density at radius 2 is 2.04 bits per heavy atom. The average Bonchev–Trinajstić information content (AvgIpc) is 3.03. The average molecular weight is 358 g/mol. The van der Waals surface area contributed by atoms with Crippen molar-refractivity contribution in [1.29, 1.82) is 0 Å². The molecule has 1 amide bonds. The molecular weight excluding hydrogens is 337 g/mol. The molecule has 1 aliphatic heterocycles. The fraction of sp³-hybridized carbons (Fsp3) is 0.400. The third-order valence-corrected chi connectivity index (χ3v) is 3.71. The van der Waals surface area contributed by atoms with Crippen LogP contribution in [0.25, 0.3) is 5.82 Å². The molecule has 3 heterocycles. The Hall–Kier alpha value is -1.63. The largest absolute Gasteiger partial charge is 0.323 e. The Labute approximate surface area is 147 Å². The zero-order valence-corrected chi connectivity index (χ0v) is 14.3. The number of anilines is 1. The second-order valence-electron chi connectivity index (χ2n) is 5.27. The lowest BCUT2D eigenvalue weighted by Gasteiger charge is -2.22. The molecule has 0 spiro atoms. The third-order valence-electron chi connectivity index (χ3n) is 3.71. The molecule has 126 valence electrons. The zero-order valence-electron chi connectivity index (χ0n) is 12.6. The molecule has 0 atom stereocenters. The summed E-state index contributed by atoms with van der Waals surface area (Å²) in [6, 6.07) is 5.49. The first kappa shape index (κ1) is 19.4. The summed E-state index contributed by atoms with van der Waals surface area (Å²) in [7, 11) is 0. The van der Waals surface area contributed by atoms with E-state index in [0.717, 1.165) is 25.9 Å². The van der Waals surface area contributed by atoms with Crippen LogP contribution in [0, 0.1) is 5.92 Å². The van der Waals surface area contributed by atoms with E-state index < -0.39 is 0 Å². The van der Waals surface area contributed by atoms with E-state index in [1.165, 1.54) is 0 Å². The van der Waals surface area contributed by atoms with Gasteiger partial charge in [-0.2, -0.15) is 5.10 Å². The Balaban J connectivity index is 0.00000132. The summed E-state index contributed by atoms with van der Waals surface area (Å²) in [4.78, 5) is 16.5. The van der Waals surface area contributed by atoms with Gasteiger partial charge in [0, 0.05) is 25.0 Å². The third kappa shape index (κ3) is 5.20. The number of aromatic nitrogens is 3. The summed E-state index contributed by atoms with van der Waals surface area (Å²) in [6.07, 6.45) is 7.88. The lowest BCUT2D eigenvalue weighted by molar-refractivity contribution is -0.117. The van der Waals surface area contributed by atoms with Gasteiger partial charge in [0.15, 0.2) is 5.82 Å². The van der Waals surface area contributed by atoms with E-state index >= 15 is 0 Å². The van der Waals surface area contributed by atoms with Gasteiger partial charge in [-0.05, 0) is 50.0 Å². The van der Waals surface area contributed by atoms with E-state index in [0.29, 0.717) is 23.8 Å². The summed E-state index contributed by atoms with van der Waals surface area (Å²) in [6.45, 7) is 2.01. The van der Waals surface area contributed by atoms with Crippen LogP contribution in [0.2, 0.25) is 0 Å². The van der Waals surface area contributed by atoms with Gasteiger partial charge in [-0.3, -0.25) is 4.79 Å². The molecular formula is C15H21Cl2N5O. The molecule has 2 N–H and O–H groups in total. The van der Waals surface area contributed by atoms with Crippen LogP contribution >= 0.6 is 24.8 Å². The topological polar surface area (TPSA) is 71.8 Å². The van der Waals surface area contributed by atoms with E-state index in [1.807, 2.05) is 24.4 Å². The number of nitrogens with one attached hydrogen (secondary N) is 2. The number of carbonyl (C=O) groups is 1.